The molecule has 0 rings (SSSR count). The molecule has 0 aliphatic rings. The zero-order valence-corrected chi connectivity index (χ0v) is 7.33. The van der Waals surface area contributed by atoms with E-state index >= 15 is 0 Å². The number of aliphatic carboxylic acids is 1. The predicted molar refractivity (Wildman–Crippen MR) is 46.9 cm³/mol. The van der Waals surface area contributed by atoms with E-state index in [1.807, 2.05) is 0 Å². The summed E-state index contributed by atoms with van der Waals surface area (Å²) >= 11 is 0. The zero-order valence-electron chi connectivity index (χ0n) is 7.33. The summed E-state index contributed by atoms with van der Waals surface area (Å²) in [6.45, 7) is -0.387. The van der Waals surface area contributed by atoms with Gasteiger partial charge in [-0.25, -0.2) is 0 Å². The number of amides is 1. The van der Waals surface area contributed by atoms with Crippen LogP contribution in [0.2, 0.25) is 0 Å². The maximum Gasteiger partial charge on any atom is 0.322 e. The van der Waals surface area contributed by atoms with E-state index in [1.54, 1.807) is 7.05 Å². The molecule has 0 fully saturated rings. The molecule has 0 saturated carbocycles. The third kappa shape index (κ3) is 4.82. The summed E-state index contributed by atoms with van der Waals surface area (Å²) in [6.07, 6.45) is 5.25. The second-order valence-electron chi connectivity index (χ2n) is 2.36. The summed E-state index contributed by atoms with van der Waals surface area (Å²) in [7, 11) is 1.59. The van der Waals surface area contributed by atoms with E-state index in [-0.39, 0.29) is 13.0 Å². The summed E-state index contributed by atoms with van der Waals surface area (Å²) in [5.74, 6) is 0.837. The molecule has 3 N–H and O–H groups in total. The minimum absolute atomic E-state index is 0.238. The summed E-state index contributed by atoms with van der Waals surface area (Å²) in [5.41, 5.74) is 0. The SMILES string of the molecule is C#CCC(NC)C(=O)NCC(=O)O. The maximum absolute atomic E-state index is 11.1. The lowest BCUT2D eigenvalue weighted by molar-refractivity contribution is -0.138. The molecule has 0 saturated heterocycles. The van der Waals surface area contributed by atoms with Gasteiger partial charge in [-0.05, 0) is 7.05 Å². The average molecular weight is 184 g/mol. The Hall–Kier alpha value is -1.54. The molecule has 0 bridgehead atoms. The molecule has 0 heterocycles. The molecule has 0 aliphatic heterocycles. The van der Waals surface area contributed by atoms with E-state index in [0.29, 0.717) is 0 Å². The molecule has 0 aromatic heterocycles. The fraction of sp³-hybridized carbons (Fsp3) is 0.500. The number of carboxylic acid groups (broad SMARTS) is 1. The Kier molecular flexibility index (Phi) is 5.32. The molecule has 1 amide bonds. The van der Waals surface area contributed by atoms with Crippen LogP contribution in [0.5, 0.6) is 0 Å². The standard InChI is InChI=1S/C8H12N2O3/c1-3-4-6(9-2)8(13)10-5-7(11)12/h1,6,9H,4-5H2,2H3,(H,10,13)(H,11,12). The predicted octanol–water partition coefficient (Wildman–Crippen LogP) is -1.20. The second kappa shape index (κ2) is 6.03. The Morgan fingerprint density at radius 3 is 2.62 bits per heavy atom. The number of likely N-dealkylation sites (N-methyl/N-ethyl adjacent to an activating group) is 1. The Bertz CT molecular complexity index is 232. The molecule has 1 unspecified atom stereocenters. The van der Waals surface area contributed by atoms with Gasteiger partial charge < -0.3 is 15.7 Å². The lowest BCUT2D eigenvalue weighted by Crippen LogP contribution is -2.44. The van der Waals surface area contributed by atoms with Gasteiger partial charge in [0.1, 0.15) is 6.54 Å². The summed E-state index contributed by atoms with van der Waals surface area (Å²) in [6, 6.07) is -0.524. The smallest absolute Gasteiger partial charge is 0.322 e. The minimum atomic E-state index is -1.08. The van der Waals surface area contributed by atoms with Crippen molar-refractivity contribution in [3.63, 3.8) is 0 Å². The highest BCUT2D eigenvalue weighted by Gasteiger charge is 2.14. The number of hydrogen-bond acceptors (Lipinski definition) is 3. The van der Waals surface area contributed by atoms with Crippen molar-refractivity contribution in [3.05, 3.63) is 0 Å². The third-order valence-corrected chi connectivity index (χ3v) is 1.40. The average Bonchev–Trinajstić information content (AvgIpc) is 2.10. The molecular formula is C8H12N2O3. The highest BCUT2D eigenvalue weighted by molar-refractivity contribution is 5.85. The van der Waals surface area contributed by atoms with Crippen molar-refractivity contribution in [2.24, 2.45) is 0 Å². The monoisotopic (exact) mass is 184 g/mol. The molecule has 1 atom stereocenters. The molecule has 5 heteroatoms. The quantitative estimate of drug-likeness (QED) is 0.469. The number of carbonyl (C=O) groups is 2. The molecule has 72 valence electrons. The van der Waals surface area contributed by atoms with Gasteiger partial charge in [0.05, 0.1) is 6.04 Å². The van der Waals surface area contributed by atoms with Crippen molar-refractivity contribution in [3.8, 4) is 12.3 Å². The van der Waals surface area contributed by atoms with E-state index in [9.17, 15) is 9.59 Å². The van der Waals surface area contributed by atoms with E-state index in [1.165, 1.54) is 0 Å². The van der Waals surface area contributed by atoms with Crippen LogP contribution >= 0.6 is 0 Å². The van der Waals surface area contributed by atoms with Gasteiger partial charge in [-0.2, -0.15) is 0 Å². The molecule has 13 heavy (non-hydrogen) atoms. The Labute approximate surface area is 76.5 Å². The van der Waals surface area contributed by atoms with E-state index in [2.05, 4.69) is 16.6 Å². The van der Waals surface area contributed by atoms with Crippen LogP contribution in [-0.2, 0) is 9.59 Å². The van der Waals surface area contributed by atoms with Gasteiger partial charge in [0.2, 0.25) is 5.91 Å². The Balaban J connectivity index is 3.92. The van der Waals surface area contributed by atoms with Gasteiger partial charge in [-0.1, -0.05) is 0 Å². The van der Waals surface area contributed by atoms with Crippen LogP contribution in [0.25, 0.3) is 0 Å². The third-order valence-electron chi connectivity index (χ3n) is 1.40. The first-order valence-electron chi connectivity index (χ1n) is 3.72. The van der Waals surface area contributed by atoms with Gasteiger partial charge in [0.15, 0.2) is 0 Å². The molecule has 0 aromatic rings. The van der Waals surface area contributed by atoms with Gasteiger partial charge in [-0.3, -0.25) is 9.59 Å². The van der Waals surface area contributed by atoms with Gasteiger partial charge in [0.25, 0.3) is 0 Å². The zero-order chi connectivity index (χ0) is 10.3. The first-order valence-corrected chi connectivity index (χ1v) is 3.72. The van der Waals surface area contributed by atoms with Crippen molar-refractivity contribution < 1.29 is 14.7 Å². The van der Waals surface area contributed by atoms with Crippen LogP contribution < -0.4 is 10.6 Å². The largest absolute Gasteiger partial charge is 0.480 e. The normalized spacial score (nSPS) is 11.4. The summed E-state index contributed by atoms with van der Waals surface area (Å²) in [5, 5.41) is 13.2. The van der Waals surface area contributed by atoms with Crippen LogP contribution in [-0.4, -0.2) is 36.6 Å². The topological polar surface area (TPSA) is 78.4 Å². The fourth-order valence-corrected chi connectivity index (χ4v) is 0.730. The highest BCUT2D eigenvalue weighted by atomic mass is 16.4. The van der Waals surface area contributed by atoms with Crippen LogP contribution in [0.15, 0.2) is 0 Å². The Morgan fingerprint density at radius 2 is 2.23 bits per heavy atom. The minimum Gasteiger partial charge on any atom is -0.480 e. The first kappa shape index (κ1) is 11.5. The maximum atomic E-state index is 11.1. The summed E-state index contributed by atoms with van der Waals surface area (Å²) < 4.78 is 0. The number of terminal acetylenes is 1. The molecule has 0 spiro atoms. The molecular weight excluding hydrogens is 172 g/mol. The van der Waals surface area contributed by atoms with Crippen LogP contribution in [0.1, 0.15) is 6.42 Å². The van der Waals surface area contributed by atoms with Crippen molar-refractivity contribution >= 4 is 11.9 Å². The Morgan fingerprint density at radius 1 is 1.62 bits per heavy atom. The van der Waals surface area contributed by atoms with Gasteiger partial charge in [0, 0.05) is 6.42 Å². The summed E-state index contributed by atoms with van der Waals surface area (Å²) in [4.78, 5) is 21.2. The van der Waals surface area contributed by atoms with E-state index in [0.717, 1.165) is 0 Å². The van der Waals surface area contributed by atoms with Gasteiger partial charge in [-0.15, -0.1) is 12.3 Å². The highest BCUT2D eigenvalue weighted by Crippen LogP contribution is 1.88. The fourth-order valence-electron chi connectivity index (χ4n) is 0.730. The van der Waals surface area contributed by atoms with Crippen molar-refractivity contribution in [2.45, 2.75) is 12.5 Å². The number of carboxylic acids is 1. The lowest BCUT2D eigenvalue weighted by atomic mass is 10.2. The van der Waals surface area contributed by atoms with Crippen LogP contribution in [0, 0.1) is 12.3 Å². The molecule has 0 aliphatic carbocycles. The number of hydrogen-bond donors (Lipinski definition) is 3. The lowest BCUT2D eigenvalue weighted by Gasteiger charge is -2.11. The molecule has 0 aromatic carbocycles. The number of nitrogens with one attached hydrogen (secondary N) is 2. The van der Waals surface area contributed by atoms with Crippen molar-refractivity contribution in [1.29, 1.82) is 0 Å². The van der Waals surface area contributed by atoms with Gasteiger partial charge >= 0.3 is 5.97 Å². The van der Waals surface area contributed by atoms with Crippen molar-refractivity contribution in [1.82, 2.24) is 10.6 Å². The molecule has 0 radical (unpaired) electrons. The number of carbonyl (C=O) groups excluding carboxylic acids is 1. The van der Waals surface area contributed by atoms with Crippen LogP contribution in [0.3, 0.4) is 0 Å². The number of rotatable bonds is 5. The van der Waals surface area contributed by atoms with Crippen LogP contribution in [0.4, 0.5) is 0 Å². The van der Waals surface area contributed by atoms with Crippen molar-refractivity contribution in [2.75, 3.05) is 13.6 Å². The first-order chi connectivity index (χ1) is 6.11. The van der Waals surface area contributed by atoms with E-state index in [4.69, 9.17) is 11.5 Å². The van der Waals surface area contributed by atoms with E-state index < -0.39 is 17.9 Å². The molecule has 5 nitrogen and oxygen atoms in total. The second-order valence-corrected chi connectivity index (χ2v) is 2.36.